The highest BCUT2D eigenvalue weighted by Gasteiger charge is 2.12. The summed E-state index contributed by atoms with van der Waals surface area (Å²) in [5, 5.41) is 13.9. The number of nitrogens with one attached hydrogen (secondary N) is 1. The number of benzene rings is 1. The number of carboxylic acids is 1. The predicted octanol–water partition coefficient (Wildman–Crippen LogP) is 4.19. The summed E-state index contributed by atoms with van der Waals surface area (Å²) >= 11 is 0. The number of rotatable bonds is 4. The Balaban J connectivity index is 1.46. The van der Waals surface area contributed by atoms with Gasteiger partial charge in [-0.05, 0) is 42.5 Å². The van der Waals surface area contributed by atoms with Gasteiger partial charge in [-0.25, -0.2) is 9.78 Å². The number of anilines is 1. The van der Waals surface area contributed by atoms with Gasteiger partial charge in [-0.3, -0.25) is 19.7 Å². The summed E-state index contributed by atoms with van der Waals surface area (Å²) in [6.07, 6.45) is 4.58. The van der Waals surface area contributed by atoms with Gasteiger partial charge in [0.25, 0.3) is 5.91 Å². The third-order valence-corrected chi connectivity index (χ3v) is 4.97. The molecule has 0 radical (unpaired) electrons. The minimum absolute atomic E-state index is 0.0906. The van der Waals surface area contributed by atoms with Crippen molar-refractivity contribution in [3.05, 3.63) is 90.4 Å². The lowest BCUT2D eigenvalue weighted by Crippen LogP contribution is -2.13. The first-order valence-electron chi connectivity index (χ1n) is 9.70. The van der Waals surface area contributed by atoms with Crippen molar-refractivity contribution in [2.45, 2.75) is 0 Å². The third-order valence-electron chi connectivity index (χ3n) is 4.97. The fourth-order valence-corrected chi connectivity index (χ4v) is 3.40. The van der Waals surface area contributed by atoms with Crippen LogP contribution in [-0.4, -0.2) is 36.9 Å². The lowest BCUT2D eigenvalue weighted by Gasteiger charge is -2.08. The molecule has 2 N–H and O–H groups in total. The first-order valence-corrected chi connectivity index (χ1v) is 9.70. The Bertz CT molecular complexity index is 1520. The van der Waals surface area contributed by atoms with Crippen LogP contribution in [0.3, 0.4) is 0 Å². The van der Waals surface area contributed by atoms with E-state index in [0.717, 1.165) is 16.3 Å². The Morgan fingerprint density at radius 1 is 0.719 bits per heavy atom. The van der Waals surface area contributed by atoms with E-state index in [0.29, 0.717) is 28.3 Å². The maximum atomic E-state index is 12.9. The van der Waals surface area contributed by atoms with Crippen molar-refractivity contribution in [3.63, 3.8) is 0 Å². The number of pyridine rings is 4. The standard InChI is InChI=1S/C24H15N5O3/c30-23(16-7-10-25-18(12-16)19-13-17(24(31)32)8-11-26-19)29-20-6-5-15-4-3-14-2-1-9-27-21(14)22(15)28-20/h1-13H,(H,31,32)(H,28,29,30). The number of nitrogens with zero attached hydrogens (tertiary/aromatic N) is 4. The number of carboxylic acid groups (broad SMARTS) is 1. The van der Waals surface area contributed by atoms with Crippen molar-refractivity contribution in [1.82, 2.24) is 19.9 Å². The molecule has 0 bridgehead atoms. The van der Waals surface area contributed by atoms with Crippen LogP contribution in [0.2, 0.25) is 0 Å². The summed E-state index contributed by atoms with van der Waals surface area (Å²) in [6.45, 7) is 0. The lowest BCUT2D eigenvalue weighted by molar-refractivity contribution is 0.0696. The number of amides is 1. The first-order chi connectivity index (χ1) is 15.6. The average molecular weight is 421 g/mol. The Morgan fingerprint density at radius 3 is 2.12 bits per heavy atom. The summed E-state index contributed by atoms with van der Waals surface area (Å²) in [4.78, 5) is 41.5. The quantitative estimate of drug-likeness (QED) is 0.418. The van der Waals surface area contributed by atoms with Gasteiger partial charge in [-0.1, -0.05) is 18.2 Å². The lowest BCUT2D eigenvalue weighted by atomic mass is 10.1. The van der Waals surface area contributed by atoms with Gasteiger partial charge < -0.3 is 10.4 Å². The van der Waals surface area contributed by atoms with E-state index in [1.165, 1.54) is 24.5 Å². The van der Waals surface area contributed by atoms with Crippen molar-refractivity contribution in [2.75, 3.05) is 5.32 Å². The van der Waals surface area contributed by atoms with Crippen molar-refractivity contribution in [1.29, 1.82) is 0 Å². The van der Waals surface area contributed by atoms with E-state index in [4.69, 9.17) is 0 Å². The topological polar surface area (TPSA) is 118 Å². The van der Waals surface area contributed by atoms with Crippen LogP contribution in [-0.2, 0) is 0 Å². The van der Waals surface area contributed by atoms with Gasteiger partial charge in [-0.2, -0.15) is 0 Å². The second-order valence-corrected chi connectivity index (χ2v) is 7.03. The van der Waals surface area contributed by atoms with E-state index in [2.05, 4.69) is 25.3 Å². The predicted molar refractivity (Wildman–Crippen MR) is 119 cm³/mol. The molecule has 1 amide bonds. The van der Waals surface area contributed by atoms with Crippen LogP contribution >= 0.6 is 0 Å². The second-order valence-electron chi connectivity index (χ2n) is 7.03. The summed E-state index contributed by atoms with van der Waals surface area (Å²) in [7, 11) is 0. The minimum Gasteiger partial charge on any atom is -0.478 e. The minimum atomic E-state index is -1.06. The zero-order valence-corrected chi connectivity index (χ0v) is 16.6. The van der Waals surface area contributed by atoms with Crippen LogP contribution in [0.15, 0.2) is 79.3 Å². The van der Waals surface area contributed by atoms with Gasteiger partial charge >= 0.3 is 5.97 Å². The molecule has 0 aliphatic rings. The van der Waals surface area contributed by atoms with Crippen molar-refractivity contribution >= 4 is 39.5 Å². The molecule has 0 unspecified atom stereocenters. The highest BCUT2D eigenvalue weighted by Crippen LogP contribution is 2.24. The van der Waals surface area contributed by atoms with Crippen LogP contribution < -0.4 is 5.32 Å². The largest absolute Gasteiger partial charge is 0.478 e. The molecule has 4 aromatic heterocycles. The van der Waals surface area contributed by atoms with Crippen molar-refractivity contribution < 1.29 is 14.7 Å². The molecule has 4 heterocycles. The van der Waals surface area contributed by atoms with Crippen molar-refractivity contribution in [3.8, 4) is 11.4 Å². The fourth-order valence-electron chi connectivity index (χ4n) is 3.40. The van der Waals surface area contributed by atoms with Crippen LogP contribution in [0.25, 0.3) is 33.2 Å². The molecular formula is C24H15N5O3. The van der Waals surface area contributed by atoms with Gasteiger partial charge in [0, 0.05) is 34.9 Å². The maximum absolute atomic E-state index is 12.9. The highest BCUT2D eigenvalue weighted by atomic mass is 16.4. The normalized spacial score (nSPS) is 10.9. The van der Waals surface area contributed by atoms with E-state index in [1.807, 2.05) is 30.3 Å². The van der Waals surface area contributed by atoms with Crippen molar-refractivity contribution in [2.24, 2.45) is 0 Å². The molecule has 0 fully saturated rings. The van der Waals surface area contributed by atoms with E-state index in [1.54, 1.807) is 24.4 Å². The number of hydrogen-bond donors (Lipinski definition) is 2. The van der Waals surface area contributed by atoms with Gasteiger partial charge in [0.15, 0.2) is 0 Å². The molecule has 154 valence electrons. The fraction of sp³-hybridized carbons (Fsp3) is 0. The SMILES string of the molecule is O=C(O)c1ccnc(-c2cc(C(=O)Nc3ccc4ccc5cccnc5c4n3)ccn2)c1. The molecular weight excluding hydrogens is 406 g/mol. The van der Waals surface area contributed by atoms with E-state index < -0.39 is 5.97 Å². The summed E-state index contributed by atoms with van der Waals surface area (Å²) < 4.78 is 0. The average Bonchev–Trinajstić information content (AvgIpc) is 2.84. The molecule has 5 rings (SSSR count). The zero-order valence-electron chi connectivity index (χ0n) is 16.6. The molecule has 0 saturated heterocycles. The van der Waals surface area contributed by atoms with E-state index in [9.17, 15) is 14.7 Å². The molecule has 8 nitrogen and oxygen atoms in total. The molecule has 32 heavy (non-hydrogen) atoms. The van der Waals surface area contributed by atoms with Crippen LogP contribution in [0.4, 0.5) is 5.82 Å². The zero-order chi connectivity index (χ0) is 22.1. The van der Waals surface area contributed by atoms with Gasteiger partial charge in [0.1, 0.15) is 5.82 Å². The van der Waals surface area contributed by atoms with Crippen LogP contribution in [0.1, 0.15) is 20.7 Å². The Hall–Kier alpha value is -4.72. The Kier molecular flexibility index (Phi) is 4.72. The highest BCUT2D eigenvalue weighted by molar-refractivity contribution is 6.06. The molecule has 0 atom stereocenters. The molecule has 1 aromatic carbocycles. The maximum Gasteiger partial charge on any atom is 0.335 e. The number of hydrogen-bond acceptors (Lipinski definition) is 6. The van der Waals surface area contributed by atoms with Crippen LogP contribution in [0, 0.1) is 0 Å². The molecule has 8 heteroatoms. The Morgan fingerprint density at radius 2 is 1.38 bits per heavy atom. The molecule has 0 spiro atoms. The second kappa shape index (κ2) is 7.84. The van der Waals surface area contributed by atoms with Crippen LogP contribution in [0.5, 0.6) is 0 Å². The smallest absolute Gasteiger partial charge is 0.335 e. The summed E-state index contributed by atoms with van der Waals surface area (Å²) in [5.74, 6) is -1.04. The molecule has 5 aromatic rings. The molecule has 0 aliphatic carbocycles. The van der Waals surface area contributed by atoms with Gasteiger partial charge in [-0.15, -0.1) is 0 Å². The number of aromatic nitrogens is 4. The third kappa shape index (κ3) is 3.61. The number of carbonyl (C=O) groups is 2. The molecule has 0 aliphatic heterocycles. The summed E-state index contributed by atoms with van der Waals surface area (Å²) in [6, 6.07) is 17.3. The van der Waals surface area contributed by atoms with E-state index in [-0.39, 0.29) is 11.5 Å². The number of fused-ring (bicyclic) bond motifs is 3. The summed E-state index contributed by atoms with van der Waals surface area (Å²) in [5.41, 5.74) is 2.65. The number of carbonyl (C=O) groups excluding carboxylic acids is 1. The molecule has 0 saturated carbocycles. The van der Waals surface area contributed by atoms with E-state index >= 15 is 0 Å². The first kappa shape index (κ1) is 19.3. The van der Waals surface area contributed by atoms with Gasteiger partial charge in [0.05, 0.1) is 28.0 Å². The van der Waals surface area contributed by atoms with Gasteiger partial charge in [0.2, 0.25) is 0 Å². The Labute approximate surface area is 181 Å². The number of aromatic carboxylic acids is 1. The monoisotopic (exact) mass is 421 g/mol.